The summed E-state index contributed by atoms with van der Waals surface area (Å²) in [6.07, 6.45) is 2.89. The Kier molecular flexibility index (Phi) is 9.38. The molecule has 3 amide bonds. The molecule has 8 N–H and O–H groups in total. The van der Waals surface area contributed by atoms with E-state index in [1.807, 2.05) is 0 Å². The molecule has 4 unspecified atom stereocenters. The van der Waals surface area contributed by atoms with Crippen LogP contribution in [0.4, 0.5) is 0 Å². The Bertz CT molecular complexity index is 1150. The standard InChI is InChI=1S/C24H30N6O8/c25-16(10-20(32)33)21(34)28-17(8-13-3-5-15(31)6-4-13)22(35)29-18(9-14-11-26-12-27-14)23(36)30-7-1-2-19(30)24(37)38/h3-6,11-12,16-19,31H,1-2,7-10,25H2,(H,26,27)(H,28,34)(H,29,35)(H,32,33)(H,37,38). The minimum atomic E-state index is -1.43. The Morgan fingerprint density at radius 2 is 1.74 bits per heavy atom. The second-order valence-corrected chi connectivity index (χ2v) is 9.01. The monoisotopic (exact) mass is 530 g/mol. The Hall–Kier alpha value is -4.46. The third-order valence-corrected chi connectivity index (χ3v) is 6.15. The average molecular weight is 531 g/mol. The molecule has 14 heteroatoms. The van der Waals surface area contributed by atoms with Gasteiger partial charge in [-0.25, -0.2) is 9.78 Å². The van der Waals surface area contributed by atoms with Crippen LogP contribution >= 0.6 is 0 Å². The van der Waals surface area contributed by atoms with Crippen molar-refractivity contribution in [3.63, 3.8) is 0 Å². The Morgan fingerprint density at radius 3 is 2.34 bits per heavy atom. The molecule has 14 nitrogen and oxygen atoms in total. The summed E-state index contributed by atoms with van der Waals surface area (Å²) in [5.74, 6) is -4.70. The van der Waals surface area contributed by atoms with Gasteiger partial charge in [0, 0.05) is 31.3 Å². The summed E-state index contributed by atoms with van der Waals surface area (Å²) in [7, 11) is 0. The molecule has 0 saturated carbocycles. The van der Waals surface area contributed by atoms with Crippen LogP contribution in [0.3, 0.4) is 0 Å². The van der Waals surface area contributed by atoms with E-state index in [1.54, 1.807) is 0 Å². The number of phenolic OH excluding ortho intramolecular Hbond substituents is 1. The largest absolute Gasteiger partial charge is 0.508 e. The zero-order chi connectivity index (χ0) is 27.8. The smallest absolute Gasteiger partial charge is 0.326 e. The van der Waals surface area contributed by atoms with Crippen molar-refractivity contribution in [3.05, 3.63) is 48.0 Å². The lowest BCUT2D eigenvalue weighted by molar-refractivity contribution is -0.149. The zero-order valence-electron chi connectivity index (χ0n) is 20.4. The zero-order valence-corrected chi connectivity index (χ0v) is 20.4. The molecule has 4 atom stereocenters. The second kappa shape index (κ2) is 12.7. The van der Waals surface area contributed by atoms with Crippen molar-refractivity contribution in [1.29, 1.82) is 0 Å². The van der Waals surface area contributed by atoms with Crippen LogP contribution < -0.4 is 16.4 Å². The van der Waals surface area contributed by atoms with E-state index in [0.29, 0.717) is 17.7 Å². The highest BCUT2D eigenvalue weighted by atomic mass is 16.4. The van der Waals surface area contributed by atoms with Gasteiger partial charge in [0.2, 0.25) is 17.7 Å². The number of carbonyl (C=O) groups is 5. The molecular formula is C24H30N6O8. The predicted molar refractivity (Wildman–Crippen MR) is 131 cm³/mol. The van der Waals surface area contributed by atoms with Crippen molar-refractivity contribution in [3.8, 4) is 5.75 Å². The fourth-order valence-corrected chi connectivity index (χ4v) is 4.21. The first kappa shape index (κ1) is 28.1. The number of nitrogens with one attached hydrogen (secondary N) is 3. The lowest BCUT2D eigenvalue weighted by atomic mass is 10.0. The molecule has 204 valence electrons. The number of benzene rings is 1. The van der Waals surface area contributed by atoms with Gasteiger partial charge in [-0.2, -0.15) is 0 Å². The fraction of sp³-hybridized carbons (Fsp3) is 0.417. The number of amides is 3. The summed E-state index contributed by atoms with van der Waals surface area (Å²) in [6.45, 7) is 0.211. The summed E-state index contributed by atoms with van der Waals surface area (Å²) < 4.78 is 0. The molecule has 1 aromatic heterocycles. The predicted octanol–water partition coefficient (Wildman–Crippen LogP) is -1.25. The first-order chi connectivity index (χ1) is 18.0. The quantitative estimate of drug-likeness (QED) is 0.172. The van der Waals surface area contributed by atoms with Gasteiger partial charge in [0.25, 0.3) is 0 Å². The Balaban J connectivity index is 1.84. The number of rotatable bonds is 12. The van der Waals surface area contributed by atoms with E-state index in [1.165, 1.54) is 41.7 Å². The van der Waals surface area contributed by atoms with Gasteiger partial charge in [-0.1, -0.05) is 12.1 Å². The van der Waals surface area contributed by atoms with Crippen LogP contribution in [-0.2, 0) is 36.8 Å². The van der Waals surface area contributed by atoms with Gasteiger partial charge in [-0.05, 0) is 30.5 Å². The van der Waals surface area contributed by atoms with E-state index in [4.69, 9.17) is 10.8 Å². The lowest BCUT2D eigenvalue weighted by Crippen LogP contribution is -2.58. The maximum atomic E-state index is 13.4. The summed E-state index contributed by atoms with van der Waals surface area (Å²) >= 11 is 0. The number of carboxylic acid groups (broad SMARTS) is 2. The van der Waals surface area contributed by atoms with Gasteiger partial charge in [0.05, 0.1) is 18.8 Å². The number of nitrogens with two attached hydrogens (primary N) is 1. The van der Waals surface area contributed by atoms with Crippen molar-refractivity contribution in [2.45, 2.75) is 56.3 Å². The van der Waals surface area contributed by atoms with Crippen molar-refractivity contribution >= 4 is 29.7 Å². The summed E-state index contributed by atoms with van der Waals surface area (Å²) in [5, 5.41) is 33.1. The van der Waals surface area contributed by atoms with Gasteiger partial charge in [-0.3, -0.25) is 19.2 Å². The minimum Gasteiger partial charge on any atom is -0.508 e. The number of nitrogens with zero attached hydrogens (tertiary/aromatic N) is 2. The van der Waals surface area contributed by atoms with Crippen LogP contribution in [0.25, 0.3) is 0 Å². The van der Waals surface area contributed by atoms with Crippen molar-refractivity contribution in [2.24, 2.45) is 5.73 Å². The number of carbonyl (C=O) groups excluding carboxylic acids is 3. The summed E-state index contributed by atoms with van der Waals surface area (Å²) in [4.78, 5) is 70.0. The summed E-state index contributed by atoms with van der Waals surface area (Å²) in [6, 6.07) is 0.962. The number of aromatic amines is 1. The Morgan fingerprint density at radius 1 is 1.05 bits per heavy atom. The third-order valence-electron chi connectivity index (χ3n) is 6.15. The molecule has 1 saturated heterocycles. The van der Waals surface area contributed by atoms with Crippen LogP contribution in [0.15, 0.2) is 36.8 Å². The molecule has 1 aromatic carbocycles. The number of aromatic hydroxyl groups is 1. The molecule has 1 aliphatic rings. The Labute approximate surface area is 217 Å². The number of carboxylic acids is 2. The van der Waals surface area contributed by atoms with Gasteiger partial charge in [0.1, 0.15) is 23.9 Å². The van der Waals surface area contributed by atoms with Crippen LogP contribution in [-0.4, -0.2) is 90.6 Å². The van der Waals surface area contributed by atoms with Crippen molar-refractivity contribution in [1.82, 2.24) is 25.5 Å². The third kappa shape index (κ3) is 7.52. The van der Waals surface area contributed by atoms with E-state index >= 15 is 0 Å². The van der Waals surface area contributed by atoms with Gasteiger partial charge in [-0.15, -0.1) is 0 Å². The number of likely N-dealkylation sites (tertiary alicyclic amines) is 1. The maximum Gasteiger partial charge on any atom is 0.326 e. The fourth-order valence-electron chi connectivity index (χ4n) is 4.21. The number of aromatic nitrogens is 2. The molecule has 38 heavy (non-hydrogen) atoms. The number of aliphatic carboxylic acids is 2. The molecule has 0 radical (unpaired) electrons. The molecule has 3 rings (SSSR count). The highest BCUT2D eigenvalue weighted by molar-refractivity contribution is 5.95. The molecule has 0 spiro atoms. The molecule has 0 bridgehead atoms. The van der Waals surface area contributed by atoms with E-state index in [9.17, 15) is 34.2 Å². The van der Waals surface area contributed by atoms with Crippen molar-refractivity contribution < 1.29 is 39.3 Å². The minimum absolute atomic E-state index is 0.00826. The van der Waals surface area contributed by atoms with Gasteiger partial charge < -0.3 is 41.6 Å². The van der Waals surface area contributed by atoms with Gasteiger partial charge >= 0.3 is 11.9 Å². The van der Waals surface area contributed by atoms with E-state index < -0.39 is 60.2 Å². The number of hydrogen-bond donors (Lipinski definition) is 7. The van der Waals surface area contributed by atoms with Crippen LogP contribution in [0, 0.1) is 0 Å². The number of phenols is 1. The average Bonchev–Trinajstić information content (AvgIpc) is 3.56. The molecule has 1 fully saturated rings. The number of imidazole rings is 1. The topological polar surface area (TPSA) is 228 Å². The van der Waals surface area contributed by atoms with Gasteiger partial charge in [0.15, 0.2) is 0 Å². The van der Waals surface area contributed by atoms with Crippen LogP contribution in [0.1, 0.15) is 30.5 Å². The van der Waals surface area contributed by atoms with Crippen molar-refractivity contribution in [2.75, 3.05) is 6.54 Å². The van der Waals surface area contributed by atoms with Crippen LogP contribution in [0.5, 0.6) is 5.75 Å². The highest BCUT2D eigenvalue weighted by Gasteiger charge is 2.38. The first-order valence-electron chi connectivity index (χ1n) is 11.9. The SMILES string of the molecule is NC(CC(=O)O)C(=O)NC(Cc1ccc(O)cc1)C(=O)NC(Cc1cnc[nH]1)C(=O)N1CCCC1C(=O)O. The molecule has 1 aliphatic heterocycles. The molecule has 2 aromatic rings. The number of H-pyrrole nitrogens is 1. The van der Waals surface area contributed by atoms with Crippen LogP contribution in [0.2, 0.25) is 0 Å². The maximum absolute atomic E-state index is 13.4. The molecule has 0 aliphatic carbocycles. The lowest BCUT2D eigenvalue weighted by Gasteiger charge is -2.29. The van der Waals surface area contributed by atoms with E-state index in [2.05, 4.69) is 20.6 Å². The first-order valence-corrected chi connectivity index (χ1v) is 11.9. The number of hydrogen-bond acceptors (Lipinski definition) is 8. The highest BCUT2D eigenvalue weighted by Crippen LogP contribution is 2.20. The summed E-state index contributed by atoms with van der Waals surface area (Å²) in [5.41, 5.74) is 6.73. The second-order valence-electron chi connectivity index (χ2n) is 9.01. The van der Waals surface area contributed by atoms with E-state index in [0.717, 1.165) is 0 Å². The normalized spacial score (nSPS) is 17.3. The molecule has 2 heterocycles. The molecular weight excluding hydrogens is 500 g/mol. The van der Waals surface area contributed by atoms with E-state index in [-0.39, 0.29) is 31.6 Å².